The SMILES string of the molecule is Cc1c[n+](C)c(/N=N/c2c(C)n(C)c3ccccc23)s1. The normalized spacial score (nSPS) is 11.8. The molecule has 0 aliphatic carbocycles. The van der Waals surface area contributed by atoms with E-state index in [4.69, 9.17) is 0 Å². The average molecular weight is 285 g/mol. The Kier molecular flexibility index (Phi) is 3.14. The number of para-hydroxylation sites is 1. The van der Waals surface area contributed by atoms with E-state index in [1.54, 1.807) is 11.3 Å². The first kappa shape index (κ1) is 13.0. The van der Waals surface area contributed by atoms with Crippen molar-refractivity contribution in [3.63, 3.8) is 0 Å². The second kappa shape index (κ2) is 4.83. The third-order valence-electron chi connectivity index (χ3n) is 3.53. The fraction of sp³-hybridized carbons (Fsp3) is 0.267. The molecule has 0 fully saturated rings. The zero-order chi connectivity index (χ0) is 14.3. The molecule has 3 aromatic rings. The number of aryl methyl sites for hydroxylation is 3. The molecule has 0 aliphatic rings. The van der Waals surface area contributed by atoms with Crippen LogP contribution in [0.1, 0.15) is 10.6 Å². The van der Waals surface area contributed by atoms with Crippen LogP contribution < -0.4 is 4.57 Å². The summed E-state index contributed by atoms with van der Waals surface area (Å²) in [4.78, 5) is 1.23. The second-order valence-electron chi connectivity index (χ2n) is 4.95. The topological polar surface area (TPSA) is 33.5 Å². The molecule has 102 valence electrons. The maximum atomic E-state index is 4.49. The molecule has 0 N–H and O–H groups in total. The highest BCUT2D eigenvalue weighted by molar-refractivity contribution is 7.14. The third-order valence-corrected chi connectivity index (χ3v) is 4.51. The second-order valence-corrected chi connectivity index (χ2v) is 6.16. The lowest BCUT2D eigenvalue weighted by Gasteiger charge is -1.96. The van der Waals surface area contributed by atoms with Crippen molar-refractivity contribution < 1.29 is 4.57 Å². The van der Waals surface area contributed by atoms with Gasteiger partial charge in [0.2, 0.25) is 0 Å². The molecule has 0 radical (unpaired) electrons. The van der Waals surface area contributed by atoms with Gasteiger partial charge in [0.25, 0.3) is 0 Å². The minimum absolute atomic E-state index is 0.912. The van der Waals surface area contributed by atoms with Crippen LogP contribution in [0.2, 0.25) is 0 Å². The van der Waals surface area contributed by atoms with E-state index >= 15 is 0 Å². The predicted molar refractivity (Wildman–Crippen MR) is 82.1 cm³/mol. The standard InChI is InChI=1S/C15H17N4S/c1-10-9-18(3)15(20-10)17-16-14-11(2)19(4)13-8-6-5-7-12(13)14/h5-9H,1-4H3/q+1. The number of azo groups is 1. The van der Waals surface area contributed by atoms with Crippen molar-refractivity contribution in [2.45, 2.75) is 13.8 Å². The predicted octanol–water partition coefficient (Wildman–Crippen LogP) is 4.10. The third kappa shape index (κ3) is 2.04. The Morgan fingerprint density at radius 2 is 1.90 bits per heavy atom. The maximum absolute atomic E-state index is 4.49. The molecule has 0 unspecified atom stereocenters. The minimum Gasteiger partial charge on any atom is -0.346 e. The van der Waals surface area contributed by atoms with E-state index < -0.39 is 0 Å². The van der Waals surface area contributed by atoms with Gasteiger partial charge >= 0.3 is 5.13 Å². The molecular weight excluding hydrogens is 268 g/mol. The Labute approximate surface area is 122 Å². The Morgan fingerprint density at radius 1 is 1.15 bits per heavy atom. The number of nitrogens with zero attached hydrogens (tertiary/aromatic N) is 4. The van der Waals surface area contributed by atoms with Gasteiger partial charge in [0.05, 0.1) is 17.7 Å². The fourth-order valence-corrected chi connectivity index (χ4v) is 3.16. The average Bonchev–Trinajstić information content (AvgIpc) is 2.87. The van der Waals surface area contributed by atoms with Gasteiger partial charge in [-0.2, -0.15) is 0 Å². The highest BCUT2D eigenvalue weighted by Crippen LogP contribution is 2.33. The van der Waals surface area contributed by atoms with Crippen molar-refractivity contribution in [1.29, 1.82) is 0 Å². The van der Waals surface area contributed by atoms with Gasteiger partial charge in [-0.3, -0.25) is 0 Å². The fourth-order valence-electron chi connectivity index (χ4n) is 2.38. The van der Waals surface area contributed by atoms with Crippen molar-refractivity contribution in [1.82, 2.24) is 4.57 Å². The van der Waals surface area contributed by atoms with Crippen LogP contribution >= 0.6 is 11.3 Å². The molecule has 0 atom stereocenters. The van der Waals surface area contributed by atoms with Crippen LogP contribution in [0.25, 0.3) is 10.9 Å². The van der Waals surface area contributed by atoms with Gasteiger partial charge < -0.3 is 4.57 Å². The molecule has 0 saturated carbocycles. The summed E-state index contributed by atoms with van der Waals surface area (Å²) in [5, 5.41) is 11.0. The molecule has 5 heteroatoms. The summed E-state index contributed by atoms with van der Waals surface area (Å²) < 4.78 is 4.16. The smallest absolute Gasteiger partial charge is 0.346 e. The highest BCUT2D eigenvalue weighted by atomic mass is 32.1. The summed E-state index contributed by atoms with van der Waals surface area (Å²) in [6.45, 7) is 4.15. The lowest BCUT2D eigenvalue weighted by Crippen LogP contribution is -2.23. The number of aromatic nitrogens is 2. The van der Waals surface area contributed by atoms with E-state index in [1.165, 1.54) is 10.4 Å². The summed E-state index contributed by atoms with van der Waals surface area (Å²) in [6, 6.07) is 8.29. The van der Waals surface area contributed by atoms with E-state index in [1.807, 2.05) is 23.7 Å². The monoisotopic (exact) mass is 285 g/mol. The van der Waals surface area contributed by atoms with E-state index in [-0.39, 0.29) is 0 Å². The van der Waals surface area contributed by atoms with Crippen molar-refractivity contribution in [2.24, 2.45) is 24.3 Å². The van der Waals surface area contributed by atoms with Crippen molar-refractivity contribution in [3.05, 3.63) is 41.0 Å². The summed E-state index contributed by atoms with van der Waals surface area (Å²) in [5.41, 5.74) is 3.27. The molecule has 0 spiro atoms. The lowest BCUT2D eigenvalue weighted by molar-refractivity contribution is -0.654. The number of benzene rings is 1. The number of thiazole rings is 1. The highest BCUT2D eigenvalue weighted by Gasteiger charge is 2.15. The molecule has 0 saturated heterocycles. The van der Waals surface area contributed by atoms with Crippen molar-refractivity contribution in [3.8, 4) is 0 Å². The first-order valence-corrected chi connectivity index (χ1v) is 7.31. The largest absolute Gasteiger partial charge is 0.408 e. The van der Waals surface area contributed by atoms with Crippen LogP contribution in [-0.4, -0.2) is 4.57 Å². The quantitative estimate of drug-likeness (QED) is 0.502. The zero-order valence-corrected chi connectivity index (χ0v) is 12.9. The number of hydrogen-bond donors (Lipinski definition) is 0. The van der Waals surface area contributed by atoms with Gasteiger partial charge in [-0.15, -0.1) is 0 Å². The Morgan fingerprint density at radius 3 is 2.60 bits per heavy atom. The van der Waals surface area contributed by atoms with Crippen LogP contribution in [0.15, 0.2) is 40.7 Å². The van der Waals surface area contributed by atoms with Gasteiger partial charge in [0.1, 0.15) is 11.9 Å². The molecular formula is C15H17N4S+. The molecule has 0 aliphatic heterocycles. The number of hydrogen-bond acceptors (Lipinski definition) is 3. The Hall–Kier alpha value is -2.01. The van der Waals surface area contributed by atoms with Gasteiger partial charge in [0, 0.05) is 23.0 Å². The number of fused-ring (bicyclic) bond motifs is 1. The molecule has 0 amide bonds. The summed E-state index contributed by atoms with van der Waals surface area (Å²) in [6.07, 6.45) is 2.06. The molecule has 0 bridgehead atoms. The van der Waals surface area contributed by atoms with E-state index in [9.17, 15) is 0 Å². The van der Waals surface area contributed by atoms with Gasteiger partial charge in [-0.05, 0) is 36.4 Å². The molecule has 20 heavy (non-hydrogen) atoms. The molecule has 1 aromatic carbocycles. The van der Waals surface area contributed by atoms with Crippen molar-refractivity contribution >= 4 is 33.1 Å². The molecule has 2 aromatic heterocycles. The summed E-state index contributed by atoms with van der Waals surface area (Å²) in [5.74, 6) is 0. The van der Waals surface area contributed by atoms with Crippen LogP contribution in [0.3, 0.4) is 0 Å². The van der Waals surface area contributed by atoms with Crippen LogP contribution in [0.5, 0.6) is 0 Å². The van der Waals surface area contributed by atoms with Crippen LogP contribution in [0.4, 0.5) is 10.8 Å². The zero-order valence-electron chi connectivity index (χ0n) is 12.1. The Balaban J connectivity index is 2.11. The van der Waals surface area contributed by atoms with Gasteiger partial charge in [-0.25, -0.2) is 4.57 Å². The maximum Gasteiger partial charge on any atom is 0.408 e. The minimum atomic E-state index is 0.912. The van der Waals surface area contributed by atoms with Gasteiger partial charge in [-0.1, -0.05) is 18.2 Å². The van der Waals surface area contributed by atoms with Crippen molar-refractivity contribution in [2.75, 3.05) is 0 Å². The van der Waals surface area contributed by atoms with E-state index in [0.717, 1.165) is 21.9 Å². The number of rotatable bonds is 2. The molecule has 4 nitrogen and oxygen atoms in total. The van der Waals surface area contributed by atoms with Crippen LogP contribution in [0, 0.1) is 13.8 Å². The lowest BCUT2D eigenvalue weighted by atomic mass is 10.2. The molecule has 2 heterocycles. The first-order chi connectivity index (χ1) is 9.58. The van der Waals surface area contributed by atoms with E-state index in [2.05, 4.69) is 54.0 Å². The summed E-state index contributed by atoms with van der Waals surface area (Å²) >= 11 is 1.65. The first-order valence-electron chi connectivity index (χ1n) is 6.49. The van der Waals surface area contributed by atoms with E-state index in [0.29, 0.717) is 0 Å². The summed E-state index contributed by atoms with van der Waals surface area (Å²) in [7, 11) is 4.06. The van der Waals surface area contributed by atoms with Gasteiger partial charge in [0.15, 0.2) is 0 Å². The molecule has 3 rings (SSSR count). The Bertz CT molecular complexity index is 811. The van der Waals surface area contributed by atoms with Crippen LogP contribution in [-0.2, 0) is 14.1 Å².